The van der Waals surface area contributed by atoms with Gasteiger partial charge in [-0.15, -0.1) is 5.10 Å². The molecule has 10 heteroatoms. The zero-order chi connectivity index (χ0) is 23.4. The van der Waals surface area contributed by atoms with Gasteiger partial charge in [0, 0.05) is 37.3 Å². The number of methoxy groups -OCH3 is 3. The minimum Gasteiger partial charge on any atom is -0.497 e. The first-order chi connectivity index (χ1) is 16.0. The van der Waals surface area contributed by atoms with Crippen molar-refractivity contribution in [2.24, 2.45) is 0 Å². The first-order valence-electron chi connectivity index (χ1n) is 10.5. The van der Waals surface area contributed by atoms with Crippen LogP contribution in [-0.4, -0.2) is 73.0 Å². The Labute approximate surface area is 197 Å². The molecule has 0 saturated carbocycles. The summed E-state index contributed by atoms with van der Waals surface area (Å²) < 4.78 is 23.2. The highest BCUT2D eigenvalue weighted by molar-refractivity contribution is 7.71. The van der Waals surface area contributed by atoms with Gasteiger partial charge in [-0.1, -0.05) is 0 Å². The fourth-order valence-corrected chi connectivity index (χ4v) is 3.86. The third kappa shape index (κ3) is 5.01. The minimum atomic E-state index is 0.0195. The third-order valence-electron chi connectivity index (χ3n) is 5.57. The van der Waals surface area contributed by atoms with Crippen LogP contribution in [0, 0.1) is 4.84 Å². The van der Waals surface area contributed by atoms with Gasteiger partial charge in [0.15, 0.2) is 11.5 Å². The molecule has 1 saturated heterocycles. The van der Waals surface area contributed by atoms with E-state index >= 15 is 0 Å². The molecule has 0 aliphatic carbocycles. The highest BCUT2D eigenvalue weighted by Crippen LogP contribution is 2.31. The van der Waals surface area contributed by atoms with Crippen LogP contribution in [0.3, 0.4) is 0 Å². The van der Waals surface area contributed by atoms with Gasteiger partial charge in [-0.05, 0) is 54.7 Å². The minimum absolute atomic E-state index is 0.0195. The number of rotatable bonds is 7. The van der Waals surface area contributed by atoms with Gasteiger partial charge in [-0.3, -0.25) is 9.69 Å². The van der Waals surface area contributed by atoms with E-state index in [0.29, 0.717) is 55.8 Å². The summed E-state index contributed by atoms with van der Waals surface area (Å²) in [6, 6.07) is 12.6. The summed E-state index contributed by atoms with van der Waals surface area (Å²) >= 11 is 5.38. The second-order valence-electron chi connectivity index (χ2n) is 7.52. The number of amides is 1. The van der Waals surface area contributed by atoms with Gasteiger partial charge in [0.05, 0.1) is 28.0 Å². The van der Waals surface area contributed by atoms with Crippen molar-refractivity contribution in [2.75, 3.05) is 47.5 Å². The first-order valence-corrected chi connectivity index (χ1v) is 10.9. The van der Waals surface area contributed by atoms with E-state index in [2.05, 4.69) is 10.00 Å². The molecule has 1 aliphatic rings. The third-order valence-corrected chi connectivity index (χ3v) is 5.86. The van der Waals surface area contributed by atoms with Gasteiger partial charge in [0.1, 0.15) is 5.75 Å². The molecular formula is C23H26N4O5S. The van der Waals surface area contributed by atoms with E-state index in [-0.39, 0.29) is 10.7 Å². The van der Waals surface area contributed by atoms with E-state index in [0.717, 1.165) is 11.3 Å². The standard InChI is InChI=1S/C23H26N4O5S/c1-29-18-7-4-16(5-8-18)22(28)26-12-10-25(11-13-26)15-27-23(33)32-21(24-27)17-6-9-19(30-2)20(14-17)31-3/h4-9,14H,10-13,15H2,1-3H3. The van der Waals surface area contributed by atoms with E-state index in [9.17, 15) is 4.79 Å². The Bertz CT molecular complexity index is 1170. The van der Waals surface area contributed by atoms with Gasteiger partial charge in [-0.2, -0.15) is 0 Å². The average molecular weight is 471 g/mol. The average Bonchev–Trinajstić information content (AvgIpc) is 3.23. The van der Waals surface area contributed by atoms with E-state index in [1.54, 1.807) is 62.4 Å². The monoisotopic (exact) mass is 470 g/mol. The molecule has 174 valence electrons. The predicted molar refractivity (Wildman–Crippen MR) is 124 cm³/mol. The molecule has 0 N–H and O–H groups in total. The summed E-state index contributed by atoms with van der Waals surface area (Å²) in [5.41, 5.74) is 1.40. The second-order valence-corrected chi connectivity index (χ2v) is 7.87. The highest BCUT2D eigenvalue weighted by Gasteiger charge is 2.23. The maximum Gasteiger partial charge on any atom is 0.288 e. The van der Waals surface area contributed by atoms with Crippen molar-refractivity contribution in [1.29, 1.82) is 0 Å². The largest absolute Gasteiger partial charge is 0.497 e. The summed E-state index contributed by atoms with van der Waals surface area (Å²) in [5, 5.41) is 4.54. The Morgan fingerprint density at radius 2 is 1.67 bits per heavy atom. The predicted octanol–water partition coefficient (Wildman–Crippen LogP) is 3.31. The molecule has 0 spiro atoms. The number of benzene rings is 2. The Morgan fingerprint density at radius 3 is 2.30 bits per heavy atom. The number of aromatic nitrogens is 2. The maximum atomic E-state index is 12.8. The number of hydrogen-bond donors (Lipinski definition) is 0. The van der Waals surface area contributed by atoms with Crippen LogP contribution in [0.25, 0.3) is 11.5 Å². The van der Waals surface area contributed by atoms with Crippen LogP contribution in [0.5, 0.6) is 17.2 Å². The summed E-state index contributed by atoms with van der Waals surface area (Å²) in [6.07, 6.45) is 0. The second kappa shape index (κ2) is 10.1. The molecule has 0 unspecified atom stereocenters. The molecule has 3 aromatic rings. The Hall–Kier alpha value is -3.37. The van der Waals surface area contributed by atoms with Crippen LogP contribution in [-0.2, 0) is 6.67 Å². The van der Waals surface area contributed by atoms with Crippen molar-refractivity contribution >= 4 is 18.1 Å². The number of carbonyl (C=O) groups excluding carboxylic acids is 1. The van der Waals surface area contributed by atoms with E-state index in [1.807, 2.05) is 11.0 Å². The molecule has 0 radical (unpaired) electrons. The highest BCUT2D eigenvalue weighted by atomic mass is 32.1. The van der Waals surface area contributed by atoms with Crippen LogP contribution in [0.4, 0.5) is 0 Å². The number of piperazine rings is 1. The molecule has 1 aromatic heterocycles. The Morgan fingerprint density at radius 1 is 0.970 bits per heavy atom. The number of carbonyl (C=O) groups is 1. The van der Waals surface area contributed by atoms with E-state index in [4.69, 9.17) is 30.8 Å². The quantitative estimate of drug-likeness (QED) is 0.487. The molecule has 9 nitrogen and oxygen atoms in total. The van der Waals surface area contributed by atoms with Crippen LogP contribution >= 0.6 is 12.2 Å². The molecule has 1 amide bonds. The molecule has 1 fully saturated rings. The van der Waals surface area contributed by atoms with Gasteiger partial charge in [0.2, 0.25) is 5.89 Å². The summed E-state index contributed by atoms with van der Waals surface area (Å²) in [5.74, 6) is 2.37. The summed E-state index contributed by atoms with van der Waals surface area (Å²) in [7, 11) is 4.77. The van der Waals surface area contributed by atoms with Crippen molar-refractivity contribution in [2.45, 2.75) is 6.67 Å². The zero-order valence-corrected chi connectivity index (χ0v) is 19.6. The van der Waals surface area contributed by atoms with Crippen molar-refractivity contribution in [3.8, 4) is 28.7 Å². The van der Waals surface area contributed by atoms with Crippen LogP contribution in [0.15, 0.2) is 46.9 Å². The van der Waals surface area contributed by atoms with Crippen molar-refractivity contribution in [3.05, 3.63) is 52.9 Å². The maximum absolute atomic E-state index is 12.8. The lowest BCUT2D eigenvalue weighted by molar-refractivity contribution is 0.0583. The number of hydrogen-bond acceptors (Lipinski definition) is 8. The van der Waals surface area contributed by atoms with Gasteiger partial charge >= 0.3 is 0 Å². The smallest absolute Gasteiger partial charge is 0.288 e. The number of ether oxygens (including phenoxy) is 3. The molecule has 0 bridgehead atoms. The summed E-state index contributed by atoms with van der Waals surface area (Å²) in [4.78, 5) is 17.1. The van der Waals surface area contributed by atoms with Crippen LogP contribution in [0.1, 0.15) is 10.4 Å². The molecule has 33 heavy (non-hydrogen) atoms. The zero-order valence-electron chi connectivity index (χ0n) is 18.8. The topological polar surface area (TPSA) is 82.2 Å². The Balaban J connectivity index is 1.38. The van der Waals surface area contributed by atoms with Gasteiger partial charge < -0.3 is 23.5 Å². The normalized spacial score (nSPS) is 14.2. The Kier molecular flexibility index (Phi) is 6.95. The van der Waals surface area contributed by atoms with Crippen LogP contribution in [0.2, 0.25) is 0 Å². The van der Waals surface area contributed by atoms with Crippen molar-refractivity contribution < 1.29 is 23.4 Å². The van der Waals surface area contributed by atoms with Gasteiger partial charge in [0.25, 0.3) is 10.7 Å². The van der Waals surface area contributed by atoms with Crippen molar-refractivity contribution in [1.82, 2.24) is 19.6 Å². The van der Waals surface area contributed by atoms with Gasteiger partial charge in [-0.25, -0.2) is 4.68 Å². The summed E-state index contributed by atoms with van der Waals surface area (Å²) in [6.45, 7) is 3.15. The molecule has 1 aliphatic heterocycles. The first kappa shape index (κ1) is 22.8. The lowest BCUT2D eigenvalue weighted by Gasteiger charge is -2.34. The van der Waals surface area contributed by atoms with Crippen molar-refractivity contribution in [3.63, 3.8) is 0 Å². The molecule has 2 aromatic carbocycles. The SMILES string of the molecule is COc1ccc(C(=O)N2CCN(Cn3nc(-c4ccc(OC)c(OC)c4)oc3=S)CC2)cc1. The lowest BCUT2D eigenvalue weighted by atomic mass is 10.1. The number of nitrogens with zero attached hydrogens (tertiary/aromatic N) is 4. The van der Waals surface area contributed by atoms with E-state index in [1.165, 1.54) is 0 Å². The molecule has 2 heterocycles. The molecule has 4 rings (SSSR count). The fourth-order valence-electron chi connectivity index (χ4n) is 3.68. The molecule has 0 atom stereocenters. The van der Waals surface area contributed by atoms with Crippen LogP contribution < -0.4 is 14.2 Å². The van der Waals surface area contributed by atoms with E-state index < -0.39 is 0 Å². The fraction of sp³-hybridized carbons (Fsp3) is 0.348. The lowest BCUT2D eigenvalue weighted by Crippen LogP contribution is -2.49. The molecular weight excluding hydrogens is 444 g/mol.